The topological polar surface area (TPSA) is 16.1 Å². The van der Waals surface area contributed by atoms with Crippen LogP contribution in [0.4, 0.5) is 5.82 Å². The quantitative estimate of drug-likeness (QED) is 0.614. The lowest BCUT2D eigenvalue weighted by atomic mass is 10.2. The highest BCUT2D eigenvalue weighted by atomic mass is 127. The van der Waals surface area contributed by atoms with E-state index in [1.807, 2.05) is 6.20 Å². The SMILES string of the molecule is CC1CCN(c2cc(C(C)I)ccn2)C1. The van der Waals surface area contributed by atoms with Crippen molar-refractivity contribution in [1.82, 2.24) is 4.98 Å². The highest BCUT2D eigenvalue weighted by molar-refractivity contribution is 14.1. The van der Waals surface area contributed by atoms with E-state index in [4.69, 9.17) is 0 Å². The maximum atomic E-state index is 4.46. The monoisotopic (exact) mass is 316 g/mol. The van der Waals surface area contributed by atoms with Crippen molar-refractivity contribution in [3.05, 3.63) is 23.9 Å². The molecule has 0 amide bonds. The fraction of sp³-hybridized carbons (Fsp3) is 0.583. The molecule has 1 aliphatic rings. The molecule has 1 saturated heterocycles. The van der Waals surface area contributed by atoms with E-state index in [1.54, 1.807) is 0 Å². The van der Waals surface area contributed by atoms with Crippen LogP contribution in [0.2, 0.25) is 0 Å². The number of hydrogen-bond donors (Lipinski definition) is 0. The third-order valence-electron chi connectivity index (χ3n) is 2.98. The second-order valence-electron chi connectivity index (χ2n) is 4.40. The van der Waals surface area contributed by atoms with Gasteiger partial charge in [-0.2, -0.15) is 0 Å². The molecule has 1 aromatic heterocycles. The zero-order valence-electron chi connectivity index (χ0n) is 9.28. The second kappa shape index (κ2) is 4.68. The molecule has 0 N–H and O–H groups in total. The van der Waals surface area contributed by atoms with Gasteiger partial charge in [0, 0.05) is 23.2 Å². The summed E-state index contributed by atoms with van der Waals surface area (Å²) < 4.78 is 0.560. The molecule has 1 aliphatic heterocycles. The number of halogens is 1. The molecule has 2 atom stereocenters. The Morgan fingerprint density at radius 3 is 3.00 bits per heavy atom. The summed E-state index contributed by atoms with van der Waals surface area (Å²) in [6.45, 7) is 6.84. The van der Waals surface area contributed by atoms with Gasteiger partial charge in [0.1, 0.15) is 5.82 Å². The maximum absolute atomic E-state index is 4.46. The van der Waals surface area contributed by atoms with Crippen molar-refractivity contribution in [2.45, 2.75) is 24.2 Å². The molecule has 1 fully saturated rings. The largest absolute Gasteiger partial charge is 0.356 e. The van der Waals surface area contributed by atoms with Crippen LogP contribution in [-0.2, 0) is 0 Å². The van der Waals surface area contributed by atoms with Crippen LogP contribution in [0.25, 0.3) is 0 Å². The average molecular weight is 316 g/mol. The van der Waals surface area contributed by atoms with Gasteiger partial charge in [-0.05, 0) is 37.0 Å². The molecule has 15 heavy (non-hydrogen) atoms. The van der Waals surface area contributed by atoms with E-state index < -0.39 is 0 Å². The van der Waals surface area contributed by atoms with Crippen molar-refractivity contribution in [2.24, 2.45) is 5.92 Å². The molecule has 2 heterocycles. The third-order valence-corrected chi connectivity index (χ3v) is 3.70. The Morgan fingerprint density at radius 1 is 1.60 bits per heavy atom. The number of alkyl halides is 1. The lowest BCUT2D eigenvalue weighted by molar-refractivity contribution is 0.659. The number of anilines is 1. The van der Waals surface area contributed by atoms with E-state index in [0.29, 0.717) is 3.92 Å². The van der Waals surface area contributed by atoms with Gasteiger partial charge in [-0.1, -0.05) is 29.5 Å². The van der Waals surface area contributed by atoms with Crippen LogP contribution in [0.3, 0.4) is 0 Å². The van der Waals surface area contributed by atoms with Gasteiger partial charge in [-0.25, -0.2) is 4.98 Å². The van der Waals surface area contributed by atoms with E-state index >= 15 is 0 Å². The summed E-state index contributed by atoms with van der Waals surface area (Å²) in [6.07, 6.45) is 3.23. The summed E-state index contributed by atoms with van der Waals surface area (Å²) in [5.74, 6) is 1.97. The first-order valence-corrected chi connectivity index (χ1v) is 6.76. The summed E-state index contributed by atoms with van der Waals surface area (Å²) in [5.41, 5.74) is 1.38. The molecule has 2 unspecified atom stereocenters. The molecule has 82 valence electrons. The lowest BCUT2D eigenvalue weighted by Gasteiger charge is -2.18. The van der Waals surface area contributed by atoms with Crippen molar-refractivity contribution < 1.29 is 0 Å². The minimum atomic E-state index is 0.560. The Bertz CT molecular complexity index is 338. The van der Waals surface area contributed by atoms with Gasteiger partial charge >= 0.3 is 0 Å². The van der Waals surface area contributed by atoms with Gasteiger partial charge in [0.15, 0.2) is 0 Å². The molecule has 0 aliphatic carbocycles. The van der Waals surface area contributed by atoms with E-state index in [1.165, 1.54) is 12.0 Å². The molecular formula is C12H17IN2. The zero-order valence-corrected chi connectivity index (χ0v) is 11.4. The molecule has 2 rings (SSSR count). The molecule has 0 spiro atoms. The Morgan fingerprint density at radius 2 is 2.40 bits per heavy atom. The Labute approximate surface area is 105 Å². The molecule has 0 radical (unpaired) electrons. The van der Waals surface area contributed by atoms with Gasteiger partial charge in [0.2, 0.25) is 0 Å². The van der Waals surface area contributed by atoms with E-state index in [0.717, 1.165) is 24.8 Å². The van der Waals surface area contributed by atoms with Crippen LogP contribution in [0.5, 0.6) is 0 Å². The minimum Gasteiger partial charge on any atom is -0.356 e. The van der Waals surface area contributed by atoms with Gasteiger partial charge in [0.25, 0.3) is 0 Å². The van der Waals surface area contributed by atoms with Crippen molar-refractivity contribution >= 4 is 28.4 Å². The van der Waals surface area contributed by atoms with Crippen molar-refractivity contribution in [1.29, 1.82) is 0 Å². The Kier molecular flexibility index (Phi) is 3.49. The van der Waals surface area contributed by atoms with E-state index in [-0.39, 0.29) is 0 Å². The number of pyridine rings is 1. The predicted molar refractivity (Wildman–Crippen MR) is 72.7 cm³/mol. The predicted octanol–water partition coefficient (Wildman–Crippen LogP) is 3.42. The van der Waals surface area contributed by atoms with Gasteiger partial charge in [-0.3, -0.25) is 0 Å². The van der Waals surface area contributed by atoms with Crippen molar-refractivity contribution in [2.75, 3.05) is 18.0 Å². The second-order valence-corrected chi connectivity index (χ2v) is 6.27. The zero-order chi connectivity index (χ0) is 10.8. The fourth-order valence-electron chi connectivity index (χ4n) is 2.00. The highest BCUT2D eigenvalue weighted by Gasteiger charge is 2.20. The van der Waals surface area contributed by atoms with Crippen molar-refractivity contribution in [3.8, 4) is 0 Å². The number of aromatic nitrogens is 1. The van der Waals surface area contributed by atoms with Crippen LogP contribution >= 0.6 is 22.6 Å². The van der Waals surface area contributed by atoms with Crippen LogP contribution in [0, 0.1) is 5.92 Å². The smallest absolute Gasteiger partial charge is 0.128 e. The summed E-state index contributed by atoms with van der Waals surface area (Å²) in [4.78, 5) is 6.86. The first kappa shape index (κ1) is 11.2. The Hall–Kier alpha value is -0.320. The lowest BCUT2D eigenvalue weighted by Crippen LogP contribution is -2.20. The number of nitrogens with zero attached hydrogens (tertiary/aromatic N) is 2. The average Bonchev–Trinajstić information content (AvgIpc) is 2.65. The van der Waals surface area contributed by atoms with E-state index in [9.17, 15) is 0 Å². The molecule has 0 bridgehead atoms. The summed E-state index contributed by atoms with van der Waals surface area (Å²) in [6, 6.07) is 4.34. The molecular weight excluding hydrogens is 299 g/mol. The molecule has 2 nitrogen and oxygen atoms in total. The van der Waals surface area contributed by atoms with Gasteiger partial charge < -0.3 is 4.90 Å². The standard InChI is InChI=1S/C12H17IN2/c1-9-4-6-15(8-9)12-7-11(10(2)13)3-5-14-12/h3,5,7,9-10H,4,6,8H2,1-2H3. The molecule has 0 aromatic carbocycles. The molecule has 1 aromatic rings. The maximum Gasteiger partial charge on any atom is 0.128 e. The Balaban J connectivity index is 2.18. The van der Waals surface area contributed by atoms with Crippen LogP contribution in [0.1, 0.15) is 29.8 Å². The summed E-state index contributed by atoms with van der Waals surface area (Å²) in [5, 5.41) is 0. The first-order chi connectivity index (χ1) is 7.16. The van der Waals surface area contributed by atoms with E-state index in [2.05, 4.69) is 58.5 Å². The summed E-state index contributed by atoms with van der Waals surface area (Å²) >= 11 is 2.45. The first-order valence-electron chi connectivity index (χ1n) is 5.52. The van der Waals surface area contributed by atoms with Gasteiger partial charge in [-0.15, -0.1) is 0 Å². The minimum absolute atomic E-state index is 0.560. The molecule has 0 saturated carbocycles. The van der Waals surface area contributed by atoms with Crippen LogP contribution in [-0.4, -0.2) is 18.1 Å². The molecule has 3 heteroatoms. The number of hydrogen-bond acceptors (Lipinski definition) is 2. The third kappa shape index (κ3) is 2.62. The van der Waals surface area contributed by atoms with Crippen LogP contribution in [0.15, 0.2) is 18.3 Å². The van der Waals surface area contributed by atoms with Crippen molar-refractivity contribution in [3.63, 3.8) is 0 Å². The normalized spacial score (nSPS) is 23.1. The summed E-state index contributed by atoms with van der Waals surface area (Å²) in [7, 11) is 0. The van der Waals surface area contributed by atoms with Crippen LogP contribution < -0.4 is 4.90 Å². The highest BCUT2D eigenvalue weighted by Crippen LogP contribution is 2.27. The number of rotatable bonds is 2. The van der Waals surface area contributed by atoms with Gasteiger partial charge in [0.05, 0.1) is 0 Å². The fourth-order valence-corrected chi connectivity index (χ4v) is 2.39.